The molecule has 0 radical (unpaired) electrons. The summed E-state index contributed by atoms with van der Waals surface area (Å²) in [4.78, 5) is 61.3. The molecule has 0 bridgehead atoms. The molecule has 0 rings (SSSR count). The summed E-state index contributed by atoms with van der Waals surface area (Å²) in [5.41, 5.74) is 0. The largest absolute Gasteiger partial charge is 0.813 e. The molecular weight excluding hydrogens is 507 g/mol. The molecule has 1 unspecified atom stereocenters. The molecule has 0 aliphatic carbocycles. The molecule has 12 nitrogen and oxygen atoms in total. The van der Waals surface area contributed by atoms with Crippen LogP contribution in [0.15, 0.2) is 0 Å². The average molecular weight is 533 g/mol. The minimum Gasteiger partial charge on any atom is -0.813 e. The third-order valence-electron chi connectivity index (χ3n) is 0.530. The predicted molar refractivity (Wildman–Crippen MR) is 86.0 cm³/mol. The van der Waals surface area contributed by atoms with Gasteiger partial charge in [-0.05, 0) is 0 Å². The van der Waals surface area contributed by atoms with E-state index >= 15 is 0 Å². The molecule has 23 heavy (non-hydrogen) atoms. The van der Waals surface area contributed by atoms with Gasteiger partial charge in [0.1, 0.15) is 8.25 Å². The second-order valence-corrected chi connectivity index (χ2v) is 5.77. The molecular formula is C6H26O12P4Sn. The molecule has 0 fully saturated rings. The van der Waals surface area contributed by atoms with Gasteiger partial charge in [0.2, 0.25) is 0 Å². The molecule has 146 valence electrons. The van der Waals surface area contributed by atoms with Gasteiger partial charge in [-0.2, -0.15) is 0 Å². The van der Waals surface area contributed by atoms with E-state index in [4.69, 9.17) is 57.4 Å². The summed E-state index contributed by atoms with van der Waals surface area (Å²) in [6.45, 7) is 2.23. The average Bonchev–Trinajstić information content (AvgIpc) is 2.14. The van der Waals surface area contributed by atoms with Crippen molar-refractivity contribution in [1.29, 1.82) is 0 Å². The standard InChI is InChI=1S/C4H9.2CH4.4H3O3P.Sn/c1-3-4-2;;;4*1-4(2)3;/h1,3-4H2,2H3;2*1H4;4*4H,(H2,1,2,3);/q;;;;;;;+3/p-3. The molecule has 0 saturated heterocycles. The Morgan fingerprint density at radius 1 is 0.826 bits per heavy atom. The van der Waals surface area contributed by atoms with Crippen molar-refractivity contribution in [3.63, 3.8) is 0 Å². The first-order chi connectivity index (χ1) is 9.34. The molecule has 0 saturated carbocycles. The summed E-state index contributed by atoms with van der Waals surface area (Å²) in [6.07, 6.45) is 2.80. The Morgan fingerprint density at radius 2 is 0.957 bits per heavy atom. The molecule has 0 spiro atoms. The van der Waals surface area contributed by atoms with E-state index in [1.807, 2.05) is 0 Å². The number of unbranched alkanes of at least 4 members (excludes halogenated alkanes) is 1. The zero-order valence-corrected chi connectivity index (χ0v) is 17.6. The van der Waals surface area contributed by atoms with Crippen LogP contribution in [0.1, 0.15) is 34.6 Å². The van der Waals surface area contributed by atoms with Gasteiger partial charge in [-0.3, -0.25) is 9.13 Å². The van der Waals surface area contributed by atoms with Gasteiger partial charge in [0.25, 0.3) is 0 Å². The molecule has 0 amide bonds. The maximum atomic E-state index is 8.74. The first-order valence-corrected chi connectivity index (χ1v) is 11.7. The van der Waals surface area contributed by atoms with Crippen LogP contribution in [-0.2, 0) is 18.3 Å². The van der Waals surface area contributed by atoms with Crippen molar-refractivity contribution in [3.05, 3.63) is 0 Å². The summed E-state index contributed by atoms with van der Waals surface area (Å²) in [5, 5.41) is 0. The Balaban J connectivity index is -0.0000000273. The van der Waals surface area contributed by atoms with Crippen LogP contribution in [0.4, 0.5) is 0 Å². The van der Waals surface area contributed by atoms with Crippen molar-refractivity contribution in [3.8, 4) is 0 Å². The molecule has 0 heterocycles. The Morgan fingerprint density at radius 3 is 0.957 bits per heavy atom. The van der Waals surface area contributed by atoms with E-state index in [2.05, 4.69) is 6.92 Å². The summed E-state index contributed by atoms with van der Waals surface area (Å²) in [7, 11) is -13.3. The van der Waals surface area contributed by atoms with Gasteiger partial charge in [0.05, 0.1) is 0 Å². The summed E-state index contributed by atoms with van der Waals surface area (Å²) in [5.74, 6) is 0. The van der Waals surface area contributed by atoms with Crippen LogP contribution in [-0.4, -0.2) is 47.0 Å². The fraction of sp³-hybridized carbons (Fsp3) is 1.00. The Hall–Kier alpha value is 1.40. The van der Waals surface area contributed by atoms with Crippen molar-refractivity contribution in [2.75, 3.05) is 0 Å². The van der Waals surface area contributed by atoms with Gasteiger partial charge in [-0.25, -0.2) is 0 Å². The zero-order valence-electron chi connectivity index (χ0n) is 10.7. The molecule has 0 aromatic carbocycles. The fourth-order valence-corrected chi connectivity index (χ4v) is 1.19. The third kappa shape index (κ3) is 928. The van der Waals surface area contributed by atoms with Crippen LogP contribution in [0.25, 0.3) is 0 Å². The topological polar surface area (TPSA) is 239 Å². The van der Waals surface area contributed by atoms with E-state index in [1.165, 1.54) is 17.3 Å². The van der Waals surface area contributed by atoms with E-state index in [1.54, 1.807) is 22.5 Å². The minimum absolute atomic E-state index is 0. The second kappa shape index (κ2) is 43.7. The van der Waals surface area contributed by atoms with Gasteiger partial charge in [-0.15, -0.1) is 0 Å². The Bertz CT molecular complexity index is 212. The molecule has 0 aliphatic rings. The summed E-state index contributed by atoms with van der Waals surface area (Å²) in [6, 6.07) is 0. The van der Waals surface area contributed by atoms with Crippen LogP contribution in [0, 0.1) is 0 Å². The van der Waals surface area contributed by atoms with Gasteiger partial charge >= 0.3 is 63.2 Å². The molecule has 5 N–H and O–H groups in total. The van der Waals surface area contributed by atoms with E-state index in [-0.39, 0.29) is 14.9 Å². The minimum atomic E-state index is -3.63. The van der Waals surface area contributed by atoms with Crippen LogP contribution in [0.5, 0.6) is 0 Å². The summed E-state index contributed by atoms with van der Waals surface area (Å²) < 4.78 is 36.1. The SMILES string of the molecule is C.C.CCC[CH2][Sn+3].O=[PH](O)O.O=[PH](O)O.O=[PH]([O-])O.O=[PH]([O-])[O-]. The van der Waals surface area contributed by atoms with E-state index in [0.717, 1.165) is 0 Å². The van der Waals surface area contributed by atoms with Gasteiger partial charge in [0, 0.05) is 0 Å². The van der Waals surface area contributed by atoms with E-state index < -0.39 is 33.0 Å². The smallest absolute Gasteiger partial charge is 0.314 e. The first kappa shape index (κ1) is 44.1. The maximum absolute atomic E-state index is 8.74. The van der Waals surface area contributed by atoms with Crippen molar-refractivity contribution >= 4 is 55.5 Å². The molecule has 0 aromatic rings. The second-order valence-electron chi connectivity index (χ2n) is 2.18. The molecule has 17 heteroatoms. The van der Waals surface area contributed by atoms with Crippen LogP contribution in [0.2, 0.25) is 4.44 Å². The van der Waals surface area contributed by atoms with Crippen LogP contribution < -0.4 is 14.7 Å². The molecule has 1 atom stereocenters. The monoisotopic (exact) mass is 534 g/mol. The number of hydrogen-bond donors (Lipinski definition) is 5. The molecule has 0 aliphatic heterocycles. The number of hydrogen-bond acceptors (Lipinski definition) is 7. The maximum Gasteiger partial charge on any atom is 0.314 e. The van der Waals surface area contributed by atoms with Crippen molar-refractivity contribution < 1.29 is 57.4 Å². The van der Waals surface area contributed by atoms with Gasteiger partial charge in [-0.1, -0.05) is 23.1 Å². The van der Waals surface area contributed by atoms with Crippen molar-refractivity contribution in [1.82, 2.24) is 0 Å². The van der Waals surface area contributed by atoms with Gasteiger partial charge < -0.3 is 48.3 Å². The van der Waals surface area contributed by atoms with Crippen LogP contribution >= 0.6 is 33.0 Å². The Kier molecular flexibility index (Phi) is 83.8. The van der Waals surface area contributed by atoms with Crippen molar-refractivity contribution in [2.45, 2.75) is 39.1 Å². The summed E-state index contributed by atoms with van der Waals surface area (Å²) >= 11 is 1.68. The quantitative estimate of drug-likeness (QED) is 0.195. The normalized spacial score (nSPS) is 9.13. The van der Waals surface area contributed by atoms with Gasteiger partial charge in [0.15, 0.2) is 0 Å². The number of rotatable bonds is 2. The van der Waals surface area contributed by atoms with Crippen molar-refractivity contribution in [2.24, 2.45) is 0 Å². The van der Waals surface area contributed by atoms with E-state index in [9.17, 15) is 0 Å². The molecule has 0 aromatic heterocycles. The van der Waals surface area contributed by atoms with Crippen LogP contribution in [0.3, 0.4) is 0 Å². The Labute approximate surface area is 152 Å². The zero-order chi connectivity index (χ0) is 18.4. The van der Waals surface area contributed by atoms with E-state index in [0.29, 0.717) is 0 Å². The third-order valence-corrected chi connectivity index (χ3v) is 1.54. The first-order valence-electron chi connectivity index (χ1n) is 4.61. The fourth-order valence-electron chi connectivity index (χ4n) is 0.177. The predicted octanol–water partition coefficient (Wildman–Crippen LogP) is -1.81.